The molecule has 3 aromatic rings. The van der Waals surface area contributed by atoms with E-state index in [2.05, 4.69) is 34.2 Å². The van der Waals surface area contributed by atoms with Crippen LogP contribution in [0.2, 0.25) is 0 Å². The van der Waals surface area contributed by atoms with Gasteiger partial charge >= 0.3 is 0 Å². The van der Waals surface area contributed by atoms with E-state index in [4.69, 9.17) is 4.74 Å². The average molecular weight is 419 g/mol. The lowest BCUT2D eigenvalue weighted by Crippen LogP contribution is -2.24. The number of aryl methyl sites for hydroxylation is 3. The van der Waals surface area contributed by atoms with Gasteiger partial charge in [0.2, 0.25) is 5.06 Å². The normalized spacial score (nSPS) is 11.1. The molecule has 0 radical (unpaired) electrons. The van der Waals surface area contributed by atoms with Gasteiger partial charge in [-0.25, -0.2) is 4.99 Å². The molecule has 1 heterocycles. The first-order valence-electron chi connectivity index (χ1n) is 9.82. The van der Waals surface area contributed by atoms with E-state index in [1.165, 1.54) is 11.5 Å². The molecule has 2 aromatic carbocycles. The summed E-state index contributed by atoms with van der Waals surface area (Å²) in [5, 5.41) is 10.3. The SMILES string of the molecule is Cc1cc(Oc2snc(-c3ccccc3C)c2C#N)c(C)cc1N=CN(C)C(C)C. The lowest BCUT2D eigenvalue weighted by molar-refractivity contribution is 0.429. The number of aliphatic imine (C=N–C) groups is 1. The predicted molar refractivity (Wildman–Crippen MR) is 124 cm³/mol. The van der Waals surface area contributed by atoms with E-state index in [1.807, 2.05) is 70.6 Å². The van der Waals surface area contributed by atoms with Gasteiger partial charge in [0.15, 0.2) is 0 Å². The Morgan fingerprint density at radius 3 is 2.53 bits per heavy atom. The Kier molecular flexibility index (Phi) is 6.53. The van der Waals surface area contributed by atoms with Crippen LogP contribution in [-0.4, -0.2) is 28.7 Å². The molecular weight excluding hydrogens is 392 g/mol. The van der Waals surface area contributed by atoms with E-state index >= 15 is 0 Å². The van der Waals surface area contributed by atoms with E-state index in [1.54, 1.807) is 0 Å². The molecule has 5 nitrogen and oxygen atoms in total. The van der Waals surface area contributed by atoms with Gasteiger partial charge in [-0.15, -0.1) is 0 Å². The minimum absolute atomic E-state index is 0.385. The molecule has 6 heteroatoms. The highest BCUT2D eigenvalue weighted by Gasteiger charge is 2.19. The minimum atomic E-state index is 0.385. The van der Waals surface area contributed by atoms with Crippen molar-refractivity contribution in [3.63, 3.8) is 0 Å². The third-order valence-corrected chi connectivity index (χ3v) is 5.79. The average Bonchev–Trinajstić information content (AvgIpc) is 3.11. The van der Waals surface area contributed by atoms with Crippen molar-refractivity contribution >= 4 is 23.6 Å². The third kappa shape index (κ3) is 4.52. The molecule has 0 atom stereocenters. The van der Waals surface area contributed by atoms with Gasteiger partial charge in [0.1, 0.15) is 23.1 Å². The summed E-state index contributed by atoms with van der Waals surface area (Å²) in [5.74, 6) is 0.708. The summed E-state index contributed by atoms with van der Waals surface area (Å²) in [6, 6.07) is 14.5. The van der Waals surface area contributed by atoms with Gasteiger partial charge in [0, 0.05) is 30.2 Å². The number of rotatable bonds is 6. The zero-order valence-electron chi connectivity index (χ0n) is 18.2. The maximum Gasteiger partial charge on any atom is 0.218 e. The van der Waals surface area contributed by atoms with Crippen LogP contribution in [-0.2, 0) is 0 Å². The van der Waals surface area contributed by atoms with Crippen LogP contribution in [0.15, 0.2) is 41.4 Å². The summed E-state index contributed by atoms with van der Waals surface area (Å²) < 4.78 is 10.7. The van der Waals surface area contributed by atoms with Crippen molar-refractivity contribution in [2.75, 3.05) is 7.05 Å². The molecule has 0 aliphatic carbocycles. The number of hydrogen-bond donors (Lipinski definition) is 0. The summed E-state index contributed by atoms with van der Waals surface area (Å²) >= 11 is 1.20. The van der Waals surface area contributed by atoms with Gasteiger partial charge in [0.25, 0.3) is 0 Å². The molecule has 0 bridgehead atoms. The maximum absolute atomic E-state index is 9.77. The van der Waals surface area contributed by atoms with E-state index in [0.29, 0.717) is 28.1 Å². The second kappa shape index (κ2) is 9.10. The van der Waals surface area contributed by atoms with Crippen LogP contribution in [0.1, 0.15) is 36.1 Å². The number of benzene rings is 2. The summed E-state index contributed by atoms with van der Waals surface area (Å²) in [7, 11) is 2.01. The van der Waals surface area contributed by atoms with Gasteiger partial charge < -0.3 is 9.64 Å². The number of ether oxygens (including phenoxy) is 1. The Bertz CT molecular complexity index is 1120. The molecule has 0 amide bonds. The first-order valence-corrected chi connectivity index (χ1v) is 10.6. The molecule has 0 saturated carbocycles. The standard InChI is InChI=1S/C24H26N4OS/c1-15(2)28(6)14-26-21-11-18(5)22(12-17(21)4)29-24-20(13-25)23(27-30-24)19-10-8-7-9-16(19)3/h7-12,14-15H,1-6H3. The Morgan fingerprint density at radius 2 is 1.87 bits per heavy atom. The lowest BCUT2D eigenvalue weighted by Gasteiger charge is -2.17. The van der Waals surface area contributed by atoms with E-state index in [0.717, 1.165) is 27.9 Å². The lowest BCUT2D eigenvalue weighted by atomic mass is 10.0. The molecule has 0 fully saturated rings. The van der Waals surface area contributed by atoms with Crippen molar-refractivity contribution < 1.29 is 4.74 Å². The summed E-state index contributed by atoms with van der Waals surface area (Å²) in [5.41, 5.74) is 6.02. The number of aromatic nitrogens is 1. The Morgan fingerprint density at radius 1 is 1.13 bits per heavy atom. The summed E-state index contributed by atoms with van der Waals surface area (Å²) in [6.07, 6.45) is 1.85. The molecule has 30 heavy (non-hydrogen) atoms. The fraction of sp³-hybridized carbons (Fsp3) is 0.292. The van der Waals surface area contributed by atoms with Crippen molar-refractivity contribution in [3.8, 4) is 28.1 Å². The molecular formula is C24H26N4OS. The minimum Gasteiger partial charge on any atom is -0.443 e. The Hall–Kier alpha value is -3.17. The monoisotopic (exact) mass is 418 g/mol. The maximum atomic E-state index is 9.77. The molecule has 0 aliphatic rings. The van der Waals surface area contributed by atoms with Gasteiger partial charge in [-0.05, 0) is 63.4 Å². The zero-order valence-corrected chi connectivity index (χ0v) is 19.0. The smallest absolute Gasteiger partial charge is 0.218 e. The highest BCUT2D eigenvalue weighted by molar-refractivity contribution is 7.08. The van der Waals surface area contributed by atoms with Crippen molar-refractivity contribution in [2.24, 2.45) is 4.99 Å². The fourth-order valence-corrected chi connectivity index (χ4v) is 3.60. The van der Waals surface area contributed by atoms with Crippen LogP contribution in [0.3, 0.4) is 0 Å². The van der Waals surface area contributed by atoms with Crippen LogP contribution in [0.25, 0.3) is 11.3 Å². The fourth-order valence-electron chi connectivity index (χ4n) is 2.88. The first-order chi connectivity index (χ1) is 14.3. The molecule has 0 saturated heterocycles. The van der Waals surface area contributed by atoms with Crippen molar-refractivity contribution in [1.29, 1.82) is 5.26 Å². The van der Waals surface area contributed by atoms with Crippen molar-refractivity contribution in [1.82, 2.24) is 9.27 Å². The molecule has 0 spiro atoms. The van der Waals surface area contributed by atoms with Gasteiger partial charge in [-0.3, -0.25) is 0 Å². The first kappa shape index (κ1) is 21.5. The second-order valence-electron chi connectivity index (χ2n) is 7.63. The molecule has 1 aromatic heterocycles. The highest BCUT2D eigenvalue weighted by atomic mass is 32.1. The predicted octanol–water partition coefficient (Wildman–Crippen LogP) is 6.40. The van der Waals surface area contributed by atoms with E-state index in [9.17, 15) is 5.26 Å². The van der Waals surface area contributed by atoms with Crippen LogP contribution in [0.4, 0.5) is 5.69 Å². The molecule has 0 N–H and O–H groups in total. The third-order valence-electron chi connectivity index (χ3n) is 5.06. The van der Waals surface area contributed by atoms with Crippen molar-refractivity contribution in [3.05, 3.63) is 58.7 Å². The van der Waals surface area contributed by atoms with E-state index in [-0.39, 0.29) is 0 Å². The number of nitriles is 1. The van der Waals surface area contributed by atoms with Crippen LogP contribution >= 0.6 is 11.5 Å². The Balaban J connectivity index is 1.92. The van der Waals surface area contributed by atoms with E-state index < -0.39 is 0 Å². The zero-order chi connectivity index (χ0) is 21.8. The van der Waals surface area contributed by atoms with Crippen LogP contribution in [0, 0.1) is 32.1 Å². The van der Waals surface area contributed by atoms with Gasteiger partial charge in [0.05, 0.1) is 12.0 Å². The largest absolute Gasteiger partial charge is 0.443 e. The summed E-state index contributed by atoms with van der Waals surface area (Å²) in [4.78, 5) is 6.66. The summed E-state index contributed by atoms with van der Waals surface area (Å²) in [6.45, 7) is 10.2. The van der Waals surface area contributed by atoms with Gasteiger partial charge in [-0.1, -0.05) is 24.3 Å². The number of nitrogens with zero attached hydrogens (tertiary/aromatic N) is 4. The molecule has 3 rings (SSSR count). The number of hydrogen-bond acceptors (Lipinski definition) is 5. The Labute approximate surface area is 182 Å². The van der Waals surface area contributed by atoms with Gasteiger partial charge in [-0.2, -0.15) is 9.64 Å². The topological polar surface area (TPSA) is 61.5 Å². The quantitative estimate of drug-likeness (QED) is 0.343. The molecule has 0 unspecified atom stereocenters. The second-order valence-corrected chi connectivity index (χ2v) is 8.37. The van der Waals surface area contributed by atoms with Crippen LogP contribution in [0.5, 0.6) is 10.8 Å². The highest BCUT2D eigenvalue weighted by Crippen LogP contribution is 2.39. The van der Waals surface area contributed by atoms with Crippen LogP contribution < -0.4 is 4.74 Å². The molecule has 0 aliphatic heterocycles. The molecule has 154 valence electrons. The van der Waals surface area contributed by atoms with Crippen molar-refractivity contribution in [2.45, 2.75) is 40.7 Å².